The highest BCUT2D eigenvalue weighted by molar-refractivity contribution is 7.09. The van der Waals surface area contributed by atoms with Gasteiger partial charge >= 0.3 is 0 Å². The fourth-order valence-corrected chi connectivity index (χ4v) is 4.78. The van der Waals surface area contributed by atoms with Crippen molar-refractivity contribution in [3.8, 4) is 0 Å². The summed E-state index contributed by atoms with van der Waals surface area (Å²) in [5.74, 6) is -1.48. The number of nitrogens with two attached hydrogens (primary N) is 1. The van der Waals surface area contributed by atoms with Crippen molar-refractivity contribution in [2.75, 3.05) is 0 Å². The predicted molar refractivity (Wildman–Crippen MR) is 109 cm³/mol. The van der Waals surface area contributed by atoms with E-state index in [1.54, 1.807) is 48.0 Å². The maximum absolute atomic E-state index is 14.5. The molecule has 0 fully saturated rings. The number of amides is 2. The van der Waals surface area contributed by atoms with Gasteiger partial charge in [-0.1, -0.05) is 29.8 Å². The van der Waals surface area contributed by atoms with Crippen molar-refractivity contribution in [2.24, 2.45) is 5.73 Å². The number of carbonyl (C=O) groups excluding carboxylic acids is 2. The molecule has 148 valence electrons. The number of benzene rings is 2. The molecule has 1 aliphatic rings. The third-order valence-corrected chi connectivity index (χ3v) is 6.09. The normalized spacial score (nSPS) is 16.3. The number of thiazole rings is 1. The van der Waals surface area contributed by atoms with Gasteiger partial charge in [0.05, 0.1) is 6.04 Å². The van der Waals surface area contributed by atoms with E-state index in [9.17, 15) is 14.0 Å². The summed E-state index contributed by atoms with van der Waals surface area (Å²) in [6.45, 7) is 0. The maximum Gasteiger partial charge on any atom is 0.255 e. The second kappa shape index (κ2) is 7.93. The van der Waals surface area contributed by atoms with Crippen LogP contribution in [-0.2, 0) is 11.2 Å². The number of nitrogens with zero attached hydrogens (tertiary/aromatic N) is 2. The molecule has 0 spiro atoms. The third kappa shape index (κ3) is 3.63. The Kier molecular flexibility index (Phi) is 5.34. The average molecular weight is 430 g/mol. The summed E-state index contributed by atoms with van der Waals surface area (Å²) in [5, 5.41) is 2.37. The first-order chi connectivity index (χ1) is 14.0. The Bertz CT molecular complexity index is 1060. The van der Waals surface area contributed by atoms with Crippen molar-refractivity contribution < 1.29 is 14.0 Å². The first kappa shape index (κ1) is 19.5. The summed E-state index contributed by atoms with van der Waals surface area (Å²) in [4.78, 5) is 31.6. The summed E-state index contributed by atoms with van der Waals surface area (Å²) in [6, 6.07) is 9.93. The molecule has 1 aliphatic carbocycles. The summed E-state index contributed by atoms with van der Waals surface area (Å²) < 4.78 is 14.5. The van der Waals surface area contributed by atoms with Crippen molar-refractivity contribution in [2.45, 2.75) is 24.9 Å². The van der Waals surface area contributed by atoms with Crippen LogP contribution in [0.4, 0.5) is 4.39 Å². The fourth-order valence-electron chi connectivity index (χ4n) is 3.83. The van der Waals surface area contributed by atoms with Crippen LogP contribution in [0.15, 0.2) is 54.0 Å². The van der Waals surface area contributed by atoms with E-state index < -0.39 is 23.8 Å². The number of aromatic nitrogens is 1. The lowest BCUT2D eigenvalue weighted by Crippen LogP contribution is -2.43. The molecule has 1 aromatic heterocycles. The molecule has 2 amide bonds. The Hall–Kier alpha value is -2.77. The van der Waals surface area contributed by atoms with Crippen LogP contribution in [0.5, 0.6) is 0 Å². The molecule has 5 nitrogen and oxygen atoms in total. The molecule has 3 aromatic rings. The van der Waals surface area contributed by atoms with E-state index in [4.69, 9.17) is 17.3 Å². The first-order valence-corrected chi connectivity index (χ1v) is 10.3. The van der Waals surface area contributed by atoms with Gasteiger partial charge in [0.1, 0.15) is 10.8 Å². The number of rotatable bonds is 5. The zero-order chi connectivity index (χ0) is 20.5. The second-order valence-electron chi connectivity index (χ2n) is 6.76. The van der Waals surface area contributed by atoms with Gasteiger partial charge in [-0.2, -0.15) is 0 Å². The van der Waals surface area contributed by atoms with Crippen LogP contribution in [0.3, 0.4) is 0 Å². The zero-order valence-electron chi connectivity index (χ0n) is 15.2. The van der Waals surface area contributed by atoms with Crippen LogP contribution < -0.4 is 5.73 Å². The van der Waals surface area contributed by atoms with Crippen molar-refractivity contribution in [3.63, 3.8) is 0 Å². The first-order valence-electron chi connectivity index (χ1n) is 9.01. The van der Waals surface area contributed by atoms with Gasteiger partial charge in [0.25, 0.3) is 5.91 Å². The Morgan fingerprint density at radius 3 is 2.69 bits per heavy atom. The van der Waals surface area contributed by atoms with E-state index in [0.717, 1.165) is 0 Å². The number of carbonyl (C=O) groups is 2. The highest BCUT2D eigenvalue weighted by Gasteiger charge is 2.41. The molecule has 0 bridgehead atoms. The molecule has 4 rings (SSSR count). The van der Waals surface area contributed by atoms with Gasteiger partial charge < -0.3 is 10.6 Å². The smallest absolute Gasteiger partial charge is 0.255 e. The number of primary amides is 1. The molecular weight excluding hydrogens is 413 g/mol. The summed E-state index contributed by atoms with van der Waals surface area (Å²) >= 11 is 7.33. The summed E-state index contributed by atoms with van der Waals surface area (Å²) in [7, 11) is 0. The van der Waals surface area contributed by atoms with E-state index in [-0.39, 0.29) is 10.9 Å². The molecule has 1 unspecified atom stereocenters. The molecule has 0 radical (unpaired) electrons. The monoisotopic (exact) mass is 429 g/mol. The lowest BCUT2D eigenvalue weighted by molar-refractivity contribution is -0.123. The van der Waals surface area contributed by atoms with Gasteiger partial charge in [-0.05, 0) is 48.2 Å². The van der Waals surface area contributed by atoms with Gasteiger partial charge in [0.15, 0.2) is 6.04 Å². The molecule has 8 heteroatoms. The standard InChI is InChI=1S/C21H17ClFN3O2S/c22-13-10-15-14(16(23)11-13)6-7-17(15)26(21(28)12-4-2-1-3-5-12)18(19(24)27)20-25-8-9-29-20/h1-5,8-11,17-18H,6-7H2,(H2,24,27)/t17-,18?/m1/s1. The SMILES string of the molecule is NC(=O)C(c1nccs1)N(C(=O)c1ccccc1)[C@@H]1CCc2c(F)cc(Cl)cc21. The third-order valence-electron chi connectivity index (χ3n) is 5.05. The Balaban J connectivity index is 1.86. The largest absolute Gasteiger partial charge is 0.367 e. The van der Waals surface area contributed by atoms with E-state index in [0.29, 0.717) is 34.5 Å². The van der Waals surface area contributed by atoms with E-state index in [1.807, 2.05) is 0 Å². The fraction of sp³-hybridized carbons (Fsp3) is 0.190. The lowest BCUT2D eigenvalue weighted by atomic mass is 10.0. The topological polar surface area (TPSA) is 76.3 Å². The van der Waals surface area contributed by atoms with Crippen molar-refractivity contribution in [1.29, 1.82) is 0 Å². The highest BCUT2D eigenvalue weighted by atomic mass is 35.5. The molecular formula is C21H17ClFN3O2S. The molecule has 2 N–H and O–H groups in total. The number of hydrogen-bond acceptors (Lipinski definition) is 4. The molecule has 29 heavy (non-hydrogen) atoms. The Labute approximate surface area is 175 Å². The minimum Gasteiger partial charge on any atom is -0.367 e. The molecule has 2 atom stereocenters. The minimum atomic E-state index is -1.07. The van der Waals surface area contributed by atoms with E-state index in [2.05, 4.69) is 4.98 Å². The Morgan fingerprint density at radius 1 is 1.28 bits per heavy atom. The quantitative estimate of drug-likeness (QED) is 0.657. The van der Waals surface area contributed by atoms with Crippen LogP contribution in [0, 0.1) is 5.82 Å². The zero-order valence-corrected chi connectivity index (χ0v) is 16.8. The van der Waals surface area contributed by atoms with E-state index >= 15 is 0 Å². The number of fused-ring (bicyclic) bond motifs is 1. The van der Waals surface area contributed by atoms with Crippen molar-refractivity contribution in [1.82, 2.24) is 9.88 Å². The molecule has 0 aliphatic heterocycles. The molecule has 0 saturated heterocycles. The molecule has 0 saturated carbocycles. The van der Waals surface area contributed by atoms with Gasteiger partial charge in [0, 0.05) is 22.2 Å². The van der Waals surface area contributed by atoms with Crippen LogP contribution >= 0.6 is 22.9 Å². The number of halogens is 2. The van der Waals surface area contributed by atoms with Gasteiger partial charge in [-0.25, -0.2) is 9.37 Å². The van der Waals surface area contributed by atoms with Crippen molar-refractivity contribution in [3.05, 3.63) is 86.6 Å². The maximum atomic E-state index is 14.5. The summed E-state index contributed by atoms with van der Waals surface area (Å²) in [6.07, 6.45) is 2.45. The molecule has 2 aromatic carbocycles. The Morgan fingerprint density at radius 2 is 2.03 bits per heavy atom. The van der Waals surface area contributed by atoms with Crippen LogP contribution in [-0.4, -0.2) is 21.7 Å². The van der Waals surface area contributed by atoms with Gasteiger partial charge in [-0.3, -0.25) is 9.59 Å². The average Bonchev–Trinajstić information content (AvgIpc) is 3.36. The van der Waals surface area contributed by atoms with Crippen molar-refractivity contribution >= 4 is 34.8 Å². The summed E-state index contributed by atoms with van der Waals surface area (Å²) in [5.41, 5.74) is 7.24. The van der Waals surface area contributed by atoms with Crippen LogP contribution in [0.1, 0.15) is 45.0 Å². The minimum absolute atomic E-state index is 0.241. The van der Waals surface area contributed by atoms with Crippen LogP contribution in [0.2, 0.25) is 5.02 Å². The van der Waals surface area contributed by atoms with Gasteiger partial charge in [0.2, 0.25) is 5.91 Å². The lowest BCUT2D eigenvalue weighted by Gasteiger charge is -2.34. The molecule has 1 heterocycles. The number of hydrogen-bond donors (Lipinski definition) is 1. The van der Waals surface area contributed by atoms with E-state index in [1.165, 1.54) is 22.3 Å². The van der Waals surface area contributed by atoms with Crippen LogP contribution in [0.25, 0.3) is 0 Å². The second-order valence-corrected chi connectivity index (χ2v) is 8.13. The highest BCUT2D eigenvalue weighted by Crippen LogP contribution is 2.43. The predicted octanol–water partition coefficient (Wildman–Crippen LogP) is 4.29. The van der Waals surface area contributed by atoms with Gasteiger partial charge in [-0.15, -0.1) is 11.3 Å².